The Balaban J connectivity index is 1.36. The largest absolute Gasteiger partial charge is 0.325 e. The number of anilines is 1. The summed E-state index contributed by atoms with van der Waals surface area (Å²) in [6, 6.07) is 21.8. The molecule has 1 atom stereocenters. The molecule has 0 unspecified atom stereocenters. The first-order chi connectivity index (χ1) is 14.5. The molecule has 0 bridgehead atoms. The maximum absolute atomic E-state index is 13.0. The molecule has 3 aromatic rings. The van der Waals surface area contributed by atoms with Crippen LogP contribution in [0.3, 0.4) is 0 Å². The van der Waals surface area contributed by atoms with E-state index in [1.807, 2.05) is 30.3 Å². The zero-order chi connectivity index (χ0) is 20.7. The Bertz CT molecular complexity index is 1220. The van der Waals surface area contributed by atoms with E-state index in [1.165, 1.54) is 26.6 Å². The summed E-state index contributed by atoms with van der Waals surface area (Å²) in [5.41, 5.74) is 5.59. The fourth-order valence-electron chi connectivity index (χ4n) is 4.47. The third kappa shape index (κ3) is 3.22. The third-order valence-corrected chi connectivity index (χ3v) is 7.84. The molecule has 1 fully saturated rings. The molecule has 5 nitrogen and oxygen atoms in total. The van der Waals surface area contributed by atoms with Crippen LogP contribution in [-0.2, 0) is 21.2 Å². The van der Waals surface area contributed by atoms with Gasteiger partial charge in [0.15, 0.2) is 0 Å². The van der Waals surface area contributed by atoms with Gasteiger partial charge < -0.3 is 5.32 Å². The zero-order valence-corrected chi connectivity index (χ0v) is 17.2. The quantitative estimate of drug-likeness (QED) is 0.544. The SMILES string of the molecule is O=C(Nc1ccc2c(c1)Cc1ccccc1-2)[C@H]1CCCN1S(=O)(=O)c1ccccc1. The lowest BCUT2D eigenvalue weighted by molar-refractivity contribution is -0.119. The van der Waals surface area contributed by atoms with Crippen molar-refractivity contribution >= 4 is 21.6 Å². The Morgan fingerprint density at radius 2 is 1.63 bits per heavy atom. The summed E-state index contributed by atoms with van der Waals surface area (Å²) in [5.74, 6) is -0.275. The highest BCUT2D eigenvalue weighted by atomic mass is 32.2. The molecule has 1 aliphatic carbocycles. The van der Waals surface area contributed by atoms with Crippen LogP contribution in [0.2, 0.25) is 0 Å². The van der Waals surface area contributed by atoms with Gasteiger partial charge >= 0.3 is 0 Å². The van der Waals surface area contributed by atoms with Crippen LogP contribution in [0.4, 0.5) is 5.69 Å². The molecular weight excluding hydrogens is 396 g/mol. The molecular formula is C24H22N2O3S. The monoisotopic (exact) mass is 418 g/mol. The van der Waals surface area contributed by atoms with Crippen molar-refractivity contribution in [2.75, 3.05) is 11.9 Å². The van der Waals surface area contributed by atoms with Crippen molar-refractivity contribution in [2.24, 2.45) is 0 Å². The third-order valence-electron chi connectivity index (χ3n) is 5.92. The molecule has 0 spiro atoms. The van der Waals surface area contributed by atoms with E-state index in [9.17, 15) is 13.2 Å². The number of sulfonamides is 1. The van der Waals surface area contributed by atoms with Crippen LogP contribution in [0.5, 0.6) is 0 Å². The molecule has 1 N–H and O–H groups in total. The number of amides is 1. The molecule has 1 amide bonds. The smallest absolute Gasteiger partial charge is 0.243 e. The Morgan fingerprint density at radius 3 is 2.47 bits per heavy atom. The highest BCUT2D eigenvalue weighted by Gasteiger charge is 2.39. The van der Waals surface area contributed by atoms with Gasteiger partial charge in [0.05, 0.1) is 4.90 Å². The minimum absolute atomic E-state index is 0.222. The van der Waals surface area contributed by atoms with Crippen LogP contribution < -0.4 is 5.32 Å². The van der Waals surface area contributed by atoms with Crippen LogP contribution in [0.1, 0.15) is 24.0 Å². The fraction of sp³-hybridized carbons (Fsp3) is 0.208. The topological polar surface area (TPSA) is 66.5 Å². The number of carbonyl (C=O) groups excluding carboxylic acids is 1. The van der Waals surface area contributed by atoms with E-state index < -0.39 is 16.1 Å². The van der Waals surface area contributed by atoms with E-state index in [-0.39, 0.29) is 10.8 Å². The standard InChI is InChI=1S/C24H22N2O3S/c27-24(23-11-6-14-26(23)30(28,29)20-8-2-1-3-9-20)25-19-12-13-22-18(16-19)15-17-7-4-5-10-21(17)22/h1-5,7-10,12-13,16,23H,6,11,14-15H2,(H,25,27)/t23-/m1/s1. The number of carbonyl (C=O) groups is 1. The van der Waals surface area contributed by atoms with E-state index >= 15 is 0 Å². The Morgan fingerprint density at radius 1 is 0.900 bits per heavy atom. The van der Waals surface area contributed by atoms with Gasteiger partial charge in [-0.05, 0) is 65.8 Å². The second-order valence-corrected chi connectivity index (χ2v) is 9.67. The molecule has 3 aromatic carbocycles. The van der Waals surface area contributed by atoms with Crippen LogP contribution in [-0.4, -0.2) is 31.2 Å². The first-order valence-electron chi connectivity index (χ1n) is 10.1. The minimum Gasteiger partial charge on any atom is -0.325 e. The predicted molar refractivity (Wildman–Crippen MR) is 117 cm³/mol. The van der Waals surface area contributed by atoms with Gasteiger partial charge in [0.1, 0.15) is 6.04 Å². The van der Waals surface area contributed by atoms with Crippen molar-refractivity contribution in [3.8, 4) is 11.1 Å². The Kier molecular flexibility index (Phi) is 4.68. The first-order valence-corrected chi connectivity index (χ1v) is 11.6. The van der Waals surface area contributed by atoms with Crippen molar-refractivity contribution in [1.82, 2.24) is 4.31 Å². The first kappa shape index (κ1) is 19.0. The van der Waals surface area contributed by atoms with Gasteiger partial charge in [0, 0.05) is 12.2 Å². The Labute approximate surface area is 176 Å². The van der Waals surface area contributed by atoms with Crippen molar-refractivity contribution in [1.29, 1.82) is 0 Å². The molecule has 152 valence electrons. The molecule has 6 heteroatoms. The summed E-state index contributed by atoms with van der Waals surface area (Å²) in [6.45, 7) is 0.356. The van der Waals surface area contributed by atoms with E-state index in [2.05, 4.69) is 17.4 Å². The number of nitrogens with zero attached hydrogens (tertiary/aromatic N) is 1. The number of benzene rings is 3. The van der Waals surface area contributed by atoms with Gasteiger partial charge in [-0.3, -0.25) is 4.79 Å². The number of hydrogen-bond acceptors (Lipinski definition) is 3. The lowest BCUT2D eigenvalue weighted by atomic mass is 10.1. The van der Waals surface area contributed by atoms with Crippen molar-refractivity contribution in [2.45, 2.75) is 30.2 Å². The van der Waals surface area contributed by atoms with Crippen molar-refractivity contribution in [3.63, 3.8) is 0 Å². The lowest BCUT2D eigenvalue weighted by Gasteiger charge is -2.23. The highest BCUT2D eigenvalue weighted by molar-refractivity contribution is 7.89. The van der Waals surface area contributed by atoms with Crippen LogP contribution in [0.15, 0.2) is 77.7 Å². The predicted octanol–water partition coefficient (Wildman–Crippen LogP) is 4.05. The second kappa shape index (κ2) is 7.38. The van der Waals surface area contributed by atoms with E-state index in [1.54, 1.807) is 30.3 Å². The summed E-state index contributed by atoms with van der Waals surface area (Å²) < 4.78 is 27.4. The fourth-order valence-corrected chi connectivity index (χ4v) is 6.14. The maximum Gasteiger partial charge on any atom is 0.243 e. The maximum atomic E-state index is 13.0. The van der Waals surface area contributed by atoms with Gasteiger partial charge in [-0.25, -0.2) is 8.42 Å². The summed E-state index contributed by atoms with van der Waals surface area (Å²) in [7, 11) is -3.70. The average molecular weight is 419 g/mol. The normalized spacial score (nSPS) is 18.1. The molecule has 0 aromatic heterocycles. The molecule has 1 aliphatic heterocycles. The average Bonchev–Trinajstić information content (AvgIpc) is 3.39. The number of rotatable bonds is 4. The van der Waals surface area contributed by atoms with Crippen LogP contribution in [0, 0.1) is 0 Å². The van der Waals surface area contributed by atoms with E-state index in [4.69, 9.17) is 0 Å². The van der Waals surface area contributed by atoms with Gasteiger partial charge in [0.2, 0.25) is 15.9 Å². The van der Waals surface area contributed by atoms with Crippen molar-refractivity contribution in [3.05, 3.63) is 83.9 Å². The van der Waals surface area contributed by atoms with Crippen LogP contribution in [0.25, 0.3) is 11.1 Å². The lowest BCUT2D eigenvalue weighted by Crippen LogP contribution is -2.43. The molecule has 5 rings (SSSR count). The van der Waals surface area contributed by atoms with Gasteiger partial charge in [-0.1, -0.05) is 48.5 Å². The van der Waals surface area contributed by atoms with Gasteiger partial charge in [-0.15, -0.1) is 0 Å². The number of hydrogen-bond donors (Lipinski definition) is 1. The summed E-state index contributed by atoms with van der Waals surface area (Å²) in [6.07, 6.45) is 2.03. The van der Waals surface area contributed by atoms with Crippen LogP contribution >= 0.6 is 0 Å². The molecule has 30 heavy (non-hydrogen) atoms. The molecule has 1 heterocycles. The molecule has 0 saturated carbocycles. The number of fused-ring (bicyclic) bond motifs is 3. The second-order valence-electron chi connectivity index (χ2n) is 7.78. The Hall–Kier alpha value is -2.96. The van der Waals surface area contributed by atoms with E-state index in [0.717, 1.165) is 6.42 Å². The van der Waals surface area contributed by atoms with E-state index in [0.29, 0.717) is 25.1 Å². The minimum atomic E-state index is -3.70. The number of nitrogens with one attached hydrogen (secondary N) is 1. The molecule has 0 radical (unpaired) electrons. The van der Waals surface area contributed by atoms with Gasteiger partial charge in [0.25, 0.3) is 0 Å². The zero-order valence-electron chi connectivity index (χ0n) is 16.4. The molecule has 2 aliphatic rings. The summed E-state index contributed by atoms with van der Waals surface area (Å²) in [5, 5.41) is 2.95. The van der Waals surface area contributed by atoms with Crippen molar-refractivity contribution < 1.29 is 13.2 Å². The van der Waals surface area contributed by atoms with Gasteiger partial charge in [-0.2, -0.15) is 4.31 Å². The molecule has 1 saturated heterocycles. The summed E-state index contributed by atoms with van der Waals surface area (Å²) >= 11 is 0. The highest BCUT2D eigenvalue weighted by Crippen LogP contribution is 2.37. The summed E-state index contributed by atoms with van der Waals surface area (Å²) in [4.78, 5) is 13.2.